The van der Waals surface area contributed by atoms with Crippen LogP contribution < -0.4 is 20.1 Å². The van der Waals surface area contributed by atoms with Crippen molar-refractivity contribution in [1.82, 2.24) is 49.7 Å². The Kier molecular flexibility index (Phi) is 12.6. The van der Waals surface area contributed by atoms with Crippen LogP contribution in [-0.2, 0) is 13.1 Å². The lowest BCUT2D eigenvalue weighted by molar-refractivity contribution is 0.0940. The number of nitrogens with zero attached hydrogens (tertiary/aromatic N) is 8. The van der Waals surface area contributed by atoms with Crippen LogP contribution in [0.2, 0.25) is 0 Å². The van der Waals surface area contributed by atoms with Crippen LogP contribution in [0.3, 0.4) is 0 Å². The summed E-state index contributed by atoms with van der Waals surface area (Å²) in [5.41, 5.74) is 5.73. The van der Waals surface area contributed by atoms with Gasteiger partial charge in [0.1, 0.15) is 22.9 Å². The number of pyridine rings is 4. The molecule has 14 heteroatoms. The van der Waals surface area contributed by atoms with Gasteiger partial charge in [0.25, 0.3) is 11.8 Å². The van der Waals surface area contributed by atoms with E-state index < -0.39 is 0 Å². The molecule has 0 fully saturated rings. The van der Waals surface area contributed by atoms with Gasteiger partial charge in [-0.2, -0.15) is 0 Å². The number of hydrogen-bond acceptors (Lipinski definition) is 10. The molecule has 0 radical (unpaired) electrons. The first-order chi connectivity index (χ1) is 28.5. The summed E-state index contributed by atoms with van der Waals surface area (Å²) in [6.45, 7) is 2.73. The number of nitrogens with one attached hydrogen (secondary N) is 2. The SMILES string of the molecule is COc1cccc(-c2cncc3ccc(C(=O)NCCCn4ccnc4)nc23)c1.COc1ccccc1-c1cncc2ccc(C(=O)NCCCn3ccnc3)nc12. The van der Waals surface area contributed by atoms with Gasteiger partial charge in [0, 0.05) is 103 Å². The number of ether oxygens (including phenoxy) is 2. The van der Waals surface area contributed by atoms with Crippen molar-refractivity contribution in [2.24, 2.45) is 0 Å². The third-order valence-corrected chi connectivity index (χ3v) is 9.32. The number of fused-ring (bicyclic) bond motifs is 2. The van der Waals surface area contributed by atoms with Crippen LogP contribution in [-0.4, -0.2) is 78.2 Å². The standard InChI is InChI=1S/2C22H21N5O2/c1-29-18-5-2-4-16(12-18)19-14-24-13-17-6-7-20(26-21(17)19)22(28)25-8-3-10-27-11-9-23-15-27;1-29-20-6-3-2-5-17(20)18-14-24-13-16-7-8-19(26-21(16)18)22(28)25-9-4-11-27-12-10-23-15-27/h2,4-7,9,11-15H,3,8,10H2,1H3,(H,25,28);2-3,5-8,10,12-15H,4,9,11H2,1H3,(H,25,28). The van der Waals surface area contributed by atoms with E-state index in [0.717, 1.165) is 81.5 Å². The smallest absolute Gasteiger partial charge is 0.269 e. The van der Waals surface area contributed by atoms with Gasteiger partial charge >= 0.3 is 0 Å². The van der Waals surface area contributed by atoms with E-state index in [-0.39, 0.29) is 11.8 Å². The highest BCUT2D eigenvalue weighted by Gasteiger charge is 2.15. The predicted octanol–water partition coefficient (Wildman–Crippen LogP) is 6.64. The first kappa shape index (κ1) is 38.8. The maximum Gasteiger partial charge on any atom is 0.269 e. The summed E-state index contributed by atoms with van der Waals surface area (Å²) < 4.78 is 14.8. The summed E-state index contributed by atoms with van der Waals surface area (Å²) in [4.78, 5) is 51.1. The molecule has 0 spiro atoms. The van der Waals surface area contributed by atoms with Crippen LogP contribution in [0.25, 0.3) is 44.1 Å². The zero-order chi connectivity index (χ0) is 40.1. The minimum atomic E-state index is -0.194. The van der Waals surface area contributed by atoms with Gasteiger partial charge in [-0.15, -0.1) is 0 Å². The largest absolute Gasteiger partial charge is 0.497 e. The molecule has 0 aliphatic heterocycles. The Balaban J connectivity index is 0.000000177. The fraction of sp³-hybridized carbons (Fsp3) is 0.182. The maximum absolute atomic E-state index is 12.6. The molecule has 2 amide bonds. The number of aromatic nitrogens is 8. The first-order valence-corrected chi connectivity index (χ1v) is 18.8. The van der Waals surface area contributed by atoms with Crippen molar-refractivity contribution in [3.8, 4) is 33.8 Å². The second-order valence-corrected chi connectivity index (χ2v) is 13.2. The van der Waals surface area contributed by atoms with Crippen LogP contribution >= 0.6 is 0 Å². The lowest BCUT2D eigenvalue weighted by atomic mass is 10.0. The minimum Gasteiger partial charge on any atom is -0.497 e. The fourth-order valence-electron chi connectivity index (χ4n) is 6.35. The summed E-state index contributed by atoms with van der Waals surface area (Å²) >= 11 is 0. The van der Waals surface area contributed by atoms with E-state index in [0.29, 0.717) is 24.5 Å². The molecule has 6 heterocycles. The molecule has 8 aromatic rings. The van der Waals surface area contributed by atoms with E-state index in [1.165, 1.54) is 0 Å². The number of rotatable bonds is 14. The zero-order valence-electron chi connectivity index (χ0n) is 32.2. The Morgan fingerprint density at radius 2 is 1.19 bits per heavy atom. The Labute approximate surface area is 335 Å². The van der Waals surface area contributed by atoms with Gasteiger partial charge in [-0.1, -0.05) is 30.3 Å². The van der Waals surface area contributed by atoms with Crippen LogP contribution in [0.5, 0.6) is 11.5 Å². The number of imidazole rings is 2. The molecule has 0 unspecified atom stereocenters. The molecule has 0 aliphatic carbocycles. The lowest BCUT2D eigenvalue weighted by Gasteiger charge is -2.11. The van der Waals surface area contributed by atoms with Gasteiger partial charge < -0.3 is 29.2 Å². The van der Waals surface area contributed by atoms with Crippen molar-refractivity contribution in [3.63, 3.8) is 0 Å². The van der Waals surface area contributed by atoms with E-state index >= 15 is 0 Å². The molecular weight excluding hydrogens is 733 g/mol. The van der Waals surface area contributed by atoms with Gasteiger partial charge in [0.15, 0.2) is 0 Å². The van der Waals surface area contributed by atoms with E-state index in [1.807, 2.05) is 82.2 Å². The van der Waals surface area contributed by atoms with E-state index in [1.54, 1.807) is 76.2 Å². The molecule has 0 saturated heterocycles. The number of benzene rings is 2. The number of amides is 2. The van der Waals surface area contributed by atoms with Crippen molar-refractivity contribution in [3.05, 3.63) is 146 Å². The Morgan fingerprint density at radius 1 is 0.603 bits per heavy atom. The van der Waals surface area contributed by atoms with Gasteiger partial charge in [-0.05, 0) is 60.9 Å². The minimum absolute atomic E-state index is 0.189. The Hall–Kier alpha value is -7.48. The molecule has 0 bridgehead atoms. The molecule has 292 valence electrons. The summed E-state index contributed by atoms with van der Waals surface area (Å²) in [6.07, 6.45) is 19.4. The fourth-order valence-corrected chi connectivity index (χ4v) is 6.35. The molecule has 8 rings (SSSR count). The molecule has 0 saturated carbocycles. The van der Waals surface area contributed by atoms with Crippen molar-refractivity contribution >= 4 is 33.6 Å². The quantitative estimate of drug-likeness (QED) is 0.115. The number of aryl methyl sites for hydroxylation is 2. The van der Waals surface area contributed by atoms with Crippen LogP contribution in [0.4, 0.5) is 0 Å². The highest BCUT2D eigenvalue weighted by atomic mass is 16.5. The maximum atomic E-state index is 12.6. The monoisotopic (exact) mass is 774 g/mol. The second kappa shape index (κ2) is 18.9. The first-order valence-electron chi connectivity index (χ1n) is 18.8. The van der Waals surface area contributed by atoms with Crippen molar-refractivity contribution in [2.75, 3.05) is 27.3 Å². The molecule has 0 atom stereocenters. The molecule has 2 aromatic carbocycles. The molecule has 2 N–H and O–H groups in total. The van der Waals surface area contributed by atoms with Gasteiger partial charge in [0.2, 0.25) is 0 Å². The van der Waals surface area contributed by atoms with Gasteiger partial charge in [-0.25, -0.2) is 19.9 Å². The summed E-state index contributed by atoms with van der Waals surface area (Å²) in [5.74, 6) is 1.11. The average molecular weight is 775 g/mol. The number of para-hydroxylation sites is 1. The van der Waals surface area contributed by atoms with E-state index in [4.69, 9.17) is 9.47 Å². The second-order valence-electron chi connectivity index (χ2n) is 13.2. The number of carbonyl (C=O) groups excluding carboxylic acids is 2. The number of hydrogen-bond donors (Lipinski definition) is 2. The highest BCUT2D eigenvalue weighted by Crippen LogP contribution is 2.33. The third-order valence-electron chi connectivity index (χ3n) is 9.32. The lowest BCUT2D eigenvalue weighted by Crippen LogP contribution is -2.26. The molecule has 14 nitrogen and oxygen atoms in total. The van der Waals surface area contributed by atoms with E-state index in [2.05, 4.69) is 40.5 Å². The Morgan fingerprint density at radius 3 is 1.76 bits per heavy atom. The average Bonchev–Trinajstić information content (AvgIpc) is 4.01. The normalized spacial score (nSPS) is 10.8. The molecule has 58 heavy (non-hydrogen) atoms. The van der Waals surface area contributed by atoms with Crippen molar-refractivity contribution in [1.29, 1.82) is 0 Å². The zero-order valence-corrected chi connectivity index (χ0v) is 32.2. The molecule has 0 aliphatic rings. The van der Waals surface area contributed by atoms with Crippen LogP contribution in [0, 0.1) is 0 Å². The number of carbonyl (C=O) groups is 2. The molecule has 6 aromatic heterocycles. The van der Waals surface area contributed by atoms with Gasteiger partial charge in [-0.3, -0.25) is 19.6 Å². The predicted molar refractivity (Wildman–Crippen MR) is 221 cm³/mol. The number of methoxy groups -OCH3 is 2. The molecular formula is C44H42N10O4. The van der Waals surface area contributed by atoms with Gasteiger partial charge in [0.05, 0.1) is 37.9 Å². The summed E-state index contributed by atoms with van der Waals surface area (Å²) in [6, 6.07) is 22.6. The van der Waals surface area contributed by atoms with Crippen molar-refractivity contribution < 1.29 is 19.1 Å². The highest BCUT2D eigenvalue weighted by molar-refractivity contribution is 6.00. The van der Waals surface area contributed by atoms with Crippen molar-refractivity contribution in [2.45, 2.75) is 25.9 Å². The third kappa shape index (κ3) is 9.48. The summed E-state index contributed by atoms with van der Waals surface area (Å²) in [5, 5.41) is 7.61. The summed E-state index contributed by atoms with van der Waals surface area (Å²) in [7, 11) is 3.27. The Bertz CT molecular complexity index is 2610. The van der Waals surface area contributed by atoms with E-state index in [9.17, 15) is 9.59 Å². The van der Waals surface area contributed by atoms with Crippen LogP contribution in [0.1, 0.15) is 33.8 Å². The topological polar surface area (TPSA) is 164 Å². The van der Waals surface area contributed by atoms with Crippen LogP contribution in [0.15, 0.2) is 135 Å².